The molecule has 2 rings (SSSR count). The Balaban J connectivity index is 1.54. The van der Waals surface area contributed by atoms with E-state index in [0.29, 0.717) is 19.8 Å². The normalized spacial score (nSPS) is 16.2. The fraction of sp³-hybridized carbons (Fsp3) is 0.545. The SMILES string of the molecule is S=C(NCc1ccco1)SCCC1OCCO1. The fourth-order valence-electron chi connectivity index (χ4n) is 1.45. The summed E-state index contributed by atoms with van der Waals surface area (Å²) >= 11 is 6.80. The Bertz CT molecular complexity index is 336. The molecule has 94 valence electrons. The number of hydrogen-bond donors (Lipinski definition) is 1. The van der Waals surface area contributed by atoms with Gasteiger partial charge >= 0.3 is 0 Å². The molecule has 1 saturated heterocycles. The molecule has 1 fully saturated rings. The van der Waals surface area contributed by atoms with Crippen molar-refractivity contribution in [2.75, 3.05) is 19.0 Å². The summed E-state index contributed by atoms with van der Waals surface area (Å²) in [5.74, 6) is 1.78. The summed E-state index contributed by atoms with van der Waals surface area (Å²) in [4.78, 5) is 0. The van der Waals surface area contributed by atoms with Crippen LogP contribution in [0.5, 0.6) is 0 Å². The highest BCUT2D eigenvalue weighted by atomic mass is 32.2. The van der Waals surface area contributed by atoms with Gasteiger partial charge in [-0.1, -0.05) is 24.0 Å². The summed E-state index contributed by atoms with van der Waals surface area (Å²) in [6, 6.07) is 3.78. The molecule has 0 atom stereocenters. The molecule has 0 aromatic carbocycles. The minimum Gasteiger partial charge on any atom is -0.467 e. The summed E-state index contributed by atoms with van der Waals surface area (Å²) < 4.78 is 16.7. The lowest BCUT2D eigenvalue weighted by atomic mass is 10.4. The van der Waals surface area contributed by atoms with Crippen molar-refractivity contribution < 1.29 is 13.9 Å². The van der Waals surface area contributed by atoms with Crippen LogP contribution in [0.3, 0.4) is 0 Å². The molecule has 0 unspecified atom stereocenters. The van der Waals surface area contributed by atoms with Crippen LogP contribution in [0.25, 0.3) is 0 Å². The van der Waals surface area contributed by atoms with Crippen LogP contribution >= 0.6 is 24.0 Å². The van der Waals surface area contributed by atoms with E-state index in [9.17, 15) is 0 Å². The number of thioether (sulfide) groups is 1. The van der Waals surface area contributed by atoms with E-state index >= 15 is 0 Å². The third kappa shape index (κ3) is 4.67. The predicted octanol–water partition coefficient (Wildman–Crippen LogP) is 2.15. The molecule has 1 N–H and O–H groups in total. The van der Waals surface area contributed by atoms with Gasteiger partial charge in [0.1, 0.15) is 10.1 Å². The van der Waals surface area contributed by atoms with Crippen molar-refractivity contribution in [3.05, 3.63) is 24.2 Å². The Kier molecular flexibility index (Phi) is 5.31. The minimum atomic E-state index is -0.0460. The summed E-state index contributed by atoms with van der Waals surface area (Å²) in [6.45, 7) is 2.04. The standard InChI is InChI=1S/C11H15NO3S2/c16-11(12-8-9-2-1-4-13-9)17-7-3-10-14-5-6-15-10/h1-2,4,10H,3,5-8H2,(H,12,16). The quantitative estimate of drug-likeness (QED) is 0.829. The van der Waals surface area contributed by atoms with Gasteiger partial charge in [0.15, 0.2) is 6.29 Å². The lowest BCUT2D eigenvalue weighted by Crippen LogP contribution is -2.18. The van der Waals surface area contributed by atoms with E-state index in [1.165, 1.54) is 0 Å². The number of ether oxygens (including phenoxy) is 2. The van der Waals surface area contributed by atoms with Gasteiger partial charge in [-0.05, 0) is 12.1 Å². The first kappa shape index (κ1) is 12.9. The van der Waals surface area contributed by atoms with Gasteiger partial charge < -0.3 is 19.2 Å². The molecule has 0 amide bonds. The molecule has 0 saturated carbocycles. The van der Waals surface area contributed by atoms with Crippen molar-refractivity contribution in [1.82, 2.24) is 5.32 Å². The highest BCUT2D eigenvalue weighted by Crippen LogP contribution is 2.13. The van der Waals surface area contributed by atoms with Gasteiger partial charge in [0.25, 0.3) is 0 Å². The van der Waals surface area contributed by atoms with Crippen LogP contribution in [0.2, 0.25) is 0 Å². The molecule has 1 aliphatic heterocycles. The second kappa shape index (κ2) is 7.00. The van der Waals surface area contributed by atoms with Crippen molar-refractivity contribution in [2.24, 2.45) is 0 Å². The van der Waals surface area contributed by atoms with Gasteiger partial charge in [-0.3, -0.25) is 0 Å². The van der Waals surface area contributed by atoms with Crippen molar-refractivity contribution in [3.63, 3.8) is 0 Å². The van der Waals surface area contributed by atoms with Crippen LogP contribution in [-0.4, -0.2) is 29.6 Å². The summed E-state index contributed by atoms with van der Waals surface area (Å²) in [6.07, 6.45) is 2.48. The van der Waals surface area contributed by atoms with Crippen LogP contribution < -0.4 is 5.32 Å². The first-order valence-electron chi connectivity index (χ1n) is 5.51. The van der Waals surface area contributed by atoms with Crippen LogP contribution in [0, 0.1) is 0 Å². The molecule has 1 aromatic heterocycles. The monoisotopic (exact) mass is 273 g/mol. The highest BCUT2D eigenvalue weighted by molar-refractivity contribution is 8.22. The van der Waals surface area contributed by atoms with E-state index in [1.54, 1.807) is 18.0 Å². The van der Waals surface area contributed by atoms with Gasteiger partial charge in [0.2, 0.25) is 0 Å². The van der Waals surface area contributed by atoms with Crippen molar-refractivity contribution in [2.45, 2.75) is 19.3 Å². The molecule has 1 aromatic rings. The summed E-state index contributed by atoms with van der Waals surface area (Å²) in [7, 11) is 0. The maximum atomic E-state index is 5.34. The van der Waals surface area contributed by atoms with Crippen LogP contribution in [-0.2, 0) is 16.0 Å². The Morgan fingerprint density at radius 2 is 2.29 bits per heavy atom. The topological polar surface area (TPSA) is 43.6 Å². The molecule has 0 bridgehead atoms. The highest BCUT2D eigenvalue weighted by Gasteiger charge is 2.15. The van der Waals surface area contributed by atoms with Crippen LogP contribution in [0.15, 0.2) is 22.8 Å². The van der Waals surface area contributed by atoms with E-state index < -0.39 is 0 Å². The van der Waals surface area contributed by atoms with Gasteiger partial charge in [0, 0.05) is 12.2 Å². The first-order chi connectivity index (χ1) is 8.34. The molecule has 17 heavy (non-hydrogen) atoms. The zero-order valence-electron chi connectivity index (χ0n) is 9.39. The zero-order valence-corrected chi connectivity index (χ0v) is 11.0. The fourth-order valence-corrected chi connectivity index (χ4v) is 2.44. The lowest BCUT2D eigenvalue weighted by Gasteiger charge is -2.09. The number of furan rings is 1. The average Bonchev–Trinajstić information content (AvgIpc) is 2.99. The molecule has 6 heteroatoms. The van der Waals surface area contributed by atoms with Crippen molar-refractivity contribution in [3.8, 4) is 0 Å². The molecule has 0 radical (unpaired) electrons. The third-order valence-corrected chi connectivity index (χ3v) is 3.61. The number of hydrogen-bond acceptors (Lipinski definition) is 5. The van der Waals surface area contributed by atoms with Gasteiger partial charge in [-0.15, -0.1) is 0 Å². The smallest absolute Gasteiger partial charge is 0.158 e. The number of thiocarbonyl (C=S) groups is 1. The first-order valence-corrected chi connectivity index (χ1v) is 6.90. The third-order valence-electron chi connectivity index (χ3n) is 2.26. The van der Waals surface area contributed by atoms with Crippen molar-refractivity contribution >= 4 is 28.3 Å². The average molecular weight is 273 g/mol. The van der Waals surface area contributed by atoms with E-state index in [-0.39, 0.29) is 6.29 Å². The molecule has 0 spiro atoms. The maximum absolute atomic E-state index is 5.34. The van der Waals surface area contributed by atoms with E-state index in [1.807, 2.05) is 12.1 Å². The number of nitrogens with one attached hydrogen (secondary N) is 1. The second-order valence-corrected chi connectivity index (χ2v) is 5.30. The molecule has 2 heterocycles. The Morgan fingerprint density at radius 1 is 1.47 bits per heavy atom. The minimum absolute atomic E-state index is 0.0460. The molecule has 1 aliphatic rings. The molecular weight excluding hydrogens is 258 g/mol. The van der Waals surface area contributed by atoms with Crippen LogP contribution in [0.4, 0.5) is 0 Å². The molecule has 4 nitrogen and oxygen atoms in total. The molecular formula is C11H15NO3S2. The number of rotatable bonds is 5. The lowest BCUT2D eigenvalue weighted by molar-refractivity contribution is -0.0421. The Morgan fingerprint density at radius 3 is 3.00 bits per heavy atom. The Labute approximate surface area is 110 Å². The largest absolute Gasteiger partial charge is 0.467 e. The van der Waals surface area contributed by atoms with Gasteiger partial charge in [-0.25, -0.2) is 0 Å². The van der Waals surface area contributed by atoms with Gasteiger partial charge in [-0.2, -0.15) is 0 Å². The zero-order chi connectivity index (χ0) is 11.9. The predicted molar refractivity (Wildman–Crippen MR) is 70.9 cm³/mol. The molecule has 0 aliphatic carbocycles. The maximum Gasteiger partial charge on any atom is 0.158 e. The van der Waals surface area contributed by atoms with E-state index in [0.717, 1.165) is 22.3 Å². The van der Waals surface area contributed by atoms with E-state index in [2.05, 4.69) is 5.32 Å². The van der Waals surface area contributed by atoms with Crippen LogP contribution in [0.1, 0.15) is 12.2 Å². The van der Waals surface area contributed by atoms with Crippen molar-refractivity contribution in [1.29, 1.82) is 0 Å². The Hall–Kier alpha value is -0.560. The second-order valence-electron chi connectivity index (χ2n) is 3.53. The van der Waals surface area contributed by atoms with E-state index in [4.69, 9.17) is 26.1 Å². The summed E-state index contributed by atoms with van der Waals surface area (Å²) in [5, 5.41) is 3.13. The summed E-state index contributed by atoms with van der Waals surface area (Å²) in [5.41, 5.74) is 0. The van der Waals surface area contributed by atoms with Gasteiger partial charge in [0.05, 0.1) is 26.0 Å².